The number of phenols is 1. The molecule has 7 nitrogen and oxygen atoms in total. The summed E-state index contributed by atoms with van der Waals surface area (Å²) in [6, 6.07) is 5.41. The molecule has 0 heterocycles. The fourth-order valence-electron chi connectivity index (χ4n) is 6.44. The van der Waals surface area contributed by atoms with Crippen molar-refractivity contribution in [3.63, 3.8) is 0 Å². The Morgan fingerprint density at radius 2 is 2.12 bits per heavy atom. The van der Waals surface area contributed by atoms with Crippen molar-refractivity contribution >= 4 is 46.4 Å². The number of phenolic OH excluding ortho intramolecular Hbond substituents is 1. The summed E-state index contributed by atoms with van der Waals surface area (Å²) in [6.07, 6.45) is 5.99. The highest BCUT2D eigenvalue weighted by molar-refractivity contribution is 8.76. The molecular formula is C24H35N3O4S3. The molecule has 0 aromatic heterocycles. The van der Waals surface area contributed by atoms with Gasteiger partial charge in [-0.1, -0.05) is 47.4 Å². The van der Waals surface area contributed by atoms with Crippen LogP contribution in [0.1, 0.15) is 56.1 Å². The van der Waals surface area contributed by atoms with Crippen molar-refractivity contribution in [1.82, 2.24) is 10.0 Å². The number of carbonyl (C=O) groups excluding carboxylic acids is 2. The minimum absolute atomic E-state index is 0.0289. The third kappa shape index (κ3) is 5.44. The van der Waals surface area contributed by atoms with Gasteiger partial charge in [-0.05, 0) is 79.5 Å². The second-order valence-electron chi connectivity index (χ2n) is 9.93. The van der Waals surface area contributed by atoms with E-state index in [0.717, 1.165) is 38.5 Å². The van der Waals surface area contributed by atoms with Gasteiger partial charge >= 0.3 is 6.09 Å². The summed E-state index contributed by atoms with van der Waals surface area (Å²) < 4.78 is 8.55. The van der Waals surface area contributed by atoms with E-state index in [1.54, 1.807) is 10.8 Å². The molecule has 6 atom stereocenters. The van der Waals surface area contributed by atoms with Gasteiger partial charge in [-0.3, -0.25) is 9.52 Å². The van der Waals surface area contributed by atoms with Crippen LogP contribution >= 0.6 is 34.4 Å². The smallest absolute Gasteiger partial charge is 0.407 e. The van der Waals surface area contributed by atoms with E-state index >= 15 is 0 Å². The van der Waals surface area contributed by atoms with Gasteiger partial charge in [0.2, 0.25) is 5.91 Å². The number of carbonyl (C=O) groups is 2. The summed E-state index contributed by atoms with van der Waals surface area (Å²) >= 11 is 3.91. The maximum Gasteiger partial charge on any atom is 0.407 e. The molecule has 2 fully saturated rings. The maximum atomic E-state index is 12.5. The maximum absolute atomic E-state index is 12.5. The number of amides is 2. The normalized spacial score (nSPS) is 30.5. The molecule has 0 saturated heterocycles. The number of fused-ring (bicyclic) bond motifs is 5. The fraction of sp³-hybridized carbons (Fsp3) is 0.667. The summed E-state index contributed by atoms with van der Waals surface area (Å²) in [7, 11) is 3.09. The molecule has 5 N–H and O–H groups in total. The molecule has 3 aliphatic carbocycles. The van der Waals surface area contributed by atoms with Gasteiger partial charge in [-0.2, -0.15) is 0 Å². The van der Waals surface area contributed by atoms with E-state index in [2.05, 4.69) is 35.8 Å². The molecule has 0 bridgehead atoms. The Morgan fingerprint density at radius 1 is 1.29 bits per heavy atom. The van der Waals surface area contributed by atoms with E-state index in [0.29, 0.717) is 41.6 Å². The zero-order valence-electron chi connectivity index (χ0n) is 19.5. The second kappa shape index (κ2) is 11.2. The number of hydrogen-bond acceptors (Lipinski definition) is 8. The molecule has 5 unspecified atom stereocenters. The van der Waals surface area contributed by atoms with E-state index in [1.807, 2.05) is 12.1 Å². The van der Waals surface area contributed by atoms with Gasteiger partial charge in [0.1, 0.15) is 17.9 Å². The van der Waals surface area contributed by atoms with E-state index in [-0.39, 0.29) is 17.6 Å². The Labute approximate surface area is 215 Å². The quantitative estimate of drug-likeness (QED) is 0.188. The van der Waals surface area contributed by atoms with Gasteiger partial charge < -0.3 is 20.9 Å². The first-order valence-electron chi connectivity index (χ1n) is 12.0. The number of benzene rings is 1. The molecule has 2 amide bonds. The average Bonchev–Trinajstić information content (AvgIpc) is 3.14. The van der Waals surface area contributed by atoms with Crippen molar-refractivity contribution in [2.45, 2.75) is 63.5 Å². The topological polar surface area (TPSA) is 114 Å². The highest BCUT2D eigenvalue weighted by Gasteiger charge is 2.56. The lowest BCUT2D eigenvalue weighted by Crippen LogP contribution is -2.46. The minimum atomic E-state index is -0.477. The van der Waals surface area contributed by atoms with Crippen LogP contribution in [0, 0.1) is 17.3 Å². The molecule has 1 aromatic carbocycles. The van der Waals surface area contributed by atoms with Gasteiger partial charge in [0.25, 0.3) is 0 Å². The summed E-state index contributed by atoms with van der Waals surface area (Å²) in [4.78, 5) is 23.7. The van der Waals surface area contributed by atoms with Gasteiger partial charge in [0.05, 0.1) is 0 Å². The Hall–Kier alpha value is -1.23. The number of nitrogens with one attached hydrogen (secondary N) is 2. The van der Waals surface area contributed by atoms with Crippen LogP contribution in [0.4, 0.5) is 4.79 Å². The number of nitrogens with two attached hydrogens (primary N) is 1. The van der Waals surface area contributed by atoms with Crippen LogP contribution in [0.25, 0.3) is 0 Å². The number of alkyl carbamates (subject to hydrolysis) is 1. The van der Waals surface area contributed by atoms with Crippen molar-refractivity contribution in [3.8, 4) is 5.75 Å². The van der Waals surface area contributed by atoms with E-state index in [4.69, 9.17) is 10.5 Å². The standard InChI is InChI=1S/C24H35N3O4S3/c1-24-9-8-17-16-5-3-15(28)12-14(16)2-4-18(17)19(24)6-7-21(24)31-23(30)26-10-11-33-34-13-20(27-32)22(25)29/h3,5,12,17-21,27-28,32H,2,4,6-11,13H2,1H3,(H2,25,29)(H,26,30)/t17?,18?,19?,20-,21?,24?/m0/s1. The number of primary amides is 1. The molecule has 0 radical (unpaired) electrons. The molecule has 2 saturated carbocycles. The number of hydrogen-bond donors (Lipinski definition) is 5. The first kappa shape index (κ1) is 25.9. The number of rotatable bonds is 9. The zero-order chi connectivity index (χ0) is 24.3. The van der Waals surface area contributed by atoms with E-state index in [1.165, 1.54) is 21.9 Å². The first-order chi connectivity index (χ1) is 16.3. The lowest BCUT2D eigenvalue weighted by atomic mass is 9.55. The lowest BCUT2D eigenvalue weighted by Gasteiger charge is -2.50. The molecule has 3 aliphatic rings. The molecule has 188 valence electrons. The Morgan fingerprint density at radius 3 is 2.88 bits per heavy atom. The third-order valence-electron chi connectivity index (χ3n) is 8.14. The predicted octanol–water partition coefficient (Wildman–Crippen LogP) is 4.01. The zero-order valence-corrected chi connectivity index (χ0v) is 22.0. The molecular weight excluding hydrogens is 490 g/mol. The van der Waals surface area contributed by atoms with Crippen molar-refractivity contribution in [2.24, 2.45) is 23.0 Å². The number of thiol groups is 1. The monoisotopic (exact) mass is 525 g/mol. The SMILES string of the molecule is CC12CCC3c4ccc(O)cc4CCC3C1CCC2OC(=O)NCCSSC[C@H](NS)C(N)=O. The number of aromatic hydroxyl groups is 1. The molecule has 4 rings (SSSR count). The summed E-state index contributed by atoms with van der Waals surface area (Å²) in [5.41, 5.74) is 8.02. The van der Waals surface area contributed by atoms with Crippen LogP contribution in [0.15, 0.2) is 18.2 Å². The minimum Gasteiger partial charge on any atom is -0.508 e. The van der Waals surface area contributed by atoms with Crippen molar-refractivity contribution < 1.29 is 19.4 Å². The van der Waals surface area contributed by atoms with Crippen LogP contribution in [-0.2, 0) is 16.0 Å². The van der Waals surface area contributed by atoms with Crippen molar-refractivity contribution in [2.75, 3.05) is 18.1 Å². The molecule has 0 aliphatic heterocycles. The largest absolute Gasteiger partial charge is 0.508 e. The van der Waals surface area contributed by atoms with Gasteiger partial charge in [-0.15, -0.1) is 0 Å². The average molecular weight is 526 g/mol. The summed E-state index contributed by atoms with van der Waals surface area (Å²) in [5.74, 6) is 2.90. The van der Waals surface area contributed by atoms with Crippen LogP contribution in [0.3, 0.4) is 0 Å². The number of ether oxygens (including phenoxy) is 1. The second-order valence-corrected chi connectivity index (χ2v) is 12.8. The van der Waals surface area contributed by atoms with Crippen LogP contribution in [0.2, 0.25) is 0 Å². The first-order valence-corrected chi connectivity index (χ1v) is 15.0. The Kier molecular flexibility index (Phi) is 8.53. The van der Waals surface area contributed by atoms with Crippen LogP contribution in [-0.4, -0.2) is 47.3 Å². The summed E-state index contributed by atoms with van der Waals surface area (Å²) in [6.45, 7) is 2.83. The van der Waals surface area contributed by atoms with Gasteiger partial charge in [0.15, 0.2) is 0 Å². The van der Waals surface area contributed by atoms with Crippen LogP contribution < -0.4 is 15.8 Å². The summed E-state index contributed by atoms with van der Waals surface area (Å²) in [5, 5.41) is 12.8. The third-order valence-corrected chi connectivity index (χ3v) is 10.9. The van der Waals surface area contributed by atoms with Gasteiger partial charge in [-0.25, -0.2) is 4.79 Å². The van der Waals surface area contributed by atoms with Crippen LogP contribution in [0.5, 0.6) is 5.75 Å². The number of aryl methyl sites for hydroxylation is 1. The lowest BCUT2D eigenvalue weighted by molar-refractivity contribution is -0.119. The highest BCUT2D eigenvalue weighted by atomic mass is 33.1. The Balaban J connectivity index is 1.24. The molecule has 10 heteroatoms. The fourth-order valence-corrected chi connectivity index (χ4v) is 8.86. The van der Waals surface area contributed by atoms with E-state index in [9.17, 15) is 14.7 Å². The van der Waals surface area contributed by atoms with Crippen molar-refractivity contribution in [3.05, 3.63) is 29.3 Å². The molecule has 1 aromatic rings. The molecule has 34 heavy (non-hydrogen) atoms. The van der Waals surface area contributed by atoms with Crippen molar-refractivity contribution in [1.29, 1.82) is 0 Å². The van der Waals surface area contributed by atoms with E-state index < -0.39 is 11.9 Å². The Bertz CT molecular complexity index is 904. The highest BCUT2D eigenvalue weighted by Crippen LogP contribution is 2.61. The predicted molar refractivity (Wildman–Crippen MR) is 141 cm³/mol. The molecule has 0 spiro atoms. The van der Waals surface area contributed by atoms with Gasteiger partial charge in [0, 0.05) is 23.5 Å².